The average Bonchev–Trinajstić information content (AvgIpc) is 2.43. The fourth-order valence-corrected chi connectivity index (χ4v) is 2.22. The van der Waals surface area contributed by atoms with Crippen molar-refractivity contribution in [2.75, 3.05) is 0 Å². The number of aromatic amines is 1. The zero-order valence-electron chi connectivity index (χ0n) is 8.17. The second-order valence-corrected chi connectivity index (χ2v) is 4.73. The topological polar surface area (TPSA) is 53.1 Å². The highest BCUT2D eigenvalue weighted by atomic mass is 127. The third-order valence-corrected chi connectivity index (χ3v) is 3.08. The van der Waals surface area contributed by atoms with E-state index < -0.39 is 5.97 Å². The van der Waals surface area contributed by atoms with Crippen LogP contribution in [0.4, 0.5) is 0 Å². The van der Waals surface area contributed by atoms with E-state index in [9.17, 15) is 4.79 Å². The third-order valence-electron chi connectivity index (χ3n) is 2.41. The van der Waals surface area contributed by atoms with Crippen molar-refractivity contribution in [2.45, 2.75) is 13.3 Å². The summed E-state index contributed by atoms with van der Waals surface area (Å²) in [5.74, 6) is -0.794. The van der Waals surface area contributed by atoms with E-state index in [4.69, 9.17) is 5.11 Å². The van der Waals surface area contributed by atoms with Crippen LogP contribution in [-0.2, 0) is 11.2 Å². The van der Waals surface area contributed by atoms with Gasteiger partial charge in [0.1, 0.15) is 0 Å². The number of hydrogen-bond acceptors (Lipinski definition) is 1. The zero-order valence-corrected chi connectivity index (χ0v) is 10.3. The summed E-state index contributed by atoms with van der Waals surface area (Å²) in [4.78, 5) is 13.9. The van der Waals surface area contributed by atoms with Crippen LogP contribution in [0.5, 0.6) is 0 Å². The van der Waals surface area contributed by atoms with E-state index >= 15 is 0 Å². The highest BCUT2D eigenvalue weighted by Gasteiger charge is 2.11. The van der Waals surface area contributed by atoms with E-state index in [2.05, 4.69) is 27.6 Å². The Morgan fingerprint density at radius 1 is 1.53 bits per heavy atom. The highest BCUT2D eigenvalue weighted by Crippen LogP contribution is 2.24. The first-order valence-electron chi connectivity index (χ1n) is 4.56. The molecule has 0 saturated carbocycles. The van der Waals surface area contributed by atoms with Gasteiger partial charge in [0.15, 0.2) is 0 Å². The van der Waals surface area contributed by atoms with Gasteiger partial charge < -0.3 is 10.1 Å². The Balaban J connectivity index is 2.65. The number of carbonyl (C=O) groups is 1. The van der Waals surface area contributed by atoms with Crippen LogP contribution in [0, 0.1) is 10.5 Å². The minimum absolute atomic E-state index is 0.0753. The van der Waals surface area contributed by atoms with Crippen LogP contribution in [0.3, 0.4) is 0 Å². The van der Waals surface area contributed by atoms with Gasteiger partial charge in [0.05, 0.1) is 6.42 Å². The molecule has 0 aliphatic rings. The number of hydrogen-bond donors (Lipinski definition) is 2. The Labute approximate surface area is 101 Å². The number of H-pyrrole nitrogens is 1. The van der Waals surface area contributed by atoms with Crippen molar-refractivity contribution >= 4 is 39.5 Å². The molecule has 2 aromatic rings. The number of carboxylic acid groups (broad SMARTS) is 1. The second kappa shape index (κ2) is 3.84. The molecule has 0 radical (unpaired) electrons. The van der Waals surface area contributed by atoms with Crippen molar-refractivity contribution in [3.05, 3.63) is 33.0 Å². The van der Waals surface area contributed by atoms with Crippen LogP contribution in [0.15, 0.2) is 18.2 Å². The standard InChI is InChI=1S/C11H10INO2/c1-6-8(5-11(14)15)9-4-7(12)2-3-10(9)13-6/h2-4,13H,5H2,1H3,(H,14,15). The molecule has 1 aromatic carbocycles. The van der Waals surface area contributed by atoms with Gasteiger partial charge in [-0.05, 0) is 53.3 Å². The summed E-state index contributed by atoms with van der Waals surface area (Å²) in [5.41, 5.74) is 2.83. The molecule has 0 aliphatic carbocycles. The van der Waals surface area contributed by atoms with Crippen LogP contribution in [0.2, 0.25) is 0 Å². The van der Waals surface area contributed by atoms with Crippen LogP contribution >= 0.6 is 22.6 Å². The first-order valence-corrected chi connectivity index (χ1v) is 5.64. The maximum absolute atomic E-state index is 10.7. The third kappa shape index (κ3) is 1.99. The Kier molecular flexibility index (Phi) is 2.68. The van der Waals surface area contributed by atoms with Crippen molar-refractivity contribution in [1.29, 1.82) is 0 Å². The smallest absolute Gasteiger partial charge is 0.307 e. The lowest BCUT2D eigenvalue weighted by Gasteiger charge is -1.97. The molecule has 3 nitrogen and oxygen atoms in total. The molecule has 0 saturated heterocycles. The minimum atomic E-state index is -0.794. The lowest BCUT2D eigenvalue weighted by atomic mass is 10.1. The summed E-state index contributed by atoms with van der Waals surface area (Å²) >= 11 is 2.23. The molecule has 78 valence electrons. The number of halogens is 1. The second-order valence-electron chi connectivity index (χ2n) is 3.49. The number of carboxylic acids is 1. The molecule has 2 N–H and O–H groups in total. The van der Waals surface area contributed by atoms with Crippen LogP contribution < -0.4 is 0 Å². The van der Waals surface area contributed by atoms with E-state index in [-0.39, 0.29) is 6.42 Å². The van der Waals surface area contributed by atoms with Gasteiger partial charge in [-0.1, -0.05) is 0 Å². The SMILES string of the molecule is Cc1[nH]c2ccc(I)cc2c1CC(=O)O. The number of benzene rings is 1. The highest BCUT2D eigenvalue weighted by molar-refractivity contribution is 14.1. The summed E-state index contributed by atoms with van der Waals surface area (Å²) in [6.07, 6.45) is 0.0753. The molecule has 15 heavy (non-hydrogen) atoms. The number of nitrogens with one attached hydrogen (secondary N) is 1. The molecule has 1 aromatic heterocycles. The van der Waals surface area contributed by atoms with E-state index in [1.807, 2.05) is 25.1 Å². The fourth-order valence-electron chi connectivity index (χ4n) is 1.73. The maximum Gasteiger partial charge on any atom is 0.307 e. The molecule has 0 amide bonds. The maximum atomic E-state index is 10.7. The van der Waals surface area contributed by atoms with Crippen molar-refractivity contribution in [3.8, 4) is 0 Å². The minimum Gasteiger partial charge on any atom is -0.481 e. The predicted octanol–water partition coefficient (Wildman–Crippen LogP) is 2.71. The number of aliphatic carboxylic acids is 1. The summed E-state index contributed by atoms with van der Waals surface area (Å²) in [5, 5.41) is 9.84. The molecular weight excluding hydrogens is 305 g/mol. The van der Waals surface area contributed by atoms with Gasteiger partial charge in [-0.25, -0.2) is 0 Å². The van der Waals surface area contributed by atoms with Gasteiger partial charge in [-0.3, -0.25) is 4.79 Å². The van der Waals surface area contributed by atoms with Crippen molar-refractivity contribution in [1.82, 2.24) is 4.98 Å². The Hall–Kier alpha value is -1.04. The molecule has 4 heteroatoms. The quantitative estimate of drug-likeness (QED) is 0.837. The molecule has 0 unspecified atom stereocenters. The van der Waals surface area contributed by atoms with E-state index in [0.29, 0.717) is 0 Å². The summed E-state index contributed by atoms with van der Waals surface area (Å²) in [6.45, 7) is 1.91. The van der Waals surface area contributed by atoms with Crippen LogP contribution in [0.1, 0.15) is 11.3 Å². The molecule has 1 heterocycles. The van der Waals surface area contributed by atoms with Gasteiger partial charge in [-0.15, -0.1) is 0 Å². The Bertz CT molecular complexity index is 531. The number of aryl methyl sites for hydroxylation is 1. The van der Waals surface area contributed by atoms with Crippen LogP contribution in [0.25, 0.3) is 10.9 Å². The molecule has 0 atom stereocenters. The fraction of sp³-hybridized carbons (Fsp3) is 0.182. The average molecular weight is 315 g/mol. The summed E-state index contributed by atoms with van der Waals surface area (Å²) in [6, 6.07) is 6.00. The molecule has 2 rings (SSSR count). The van der Waals surface area contributed by atoms with Gasteiger partial charge in [-0.2, -0.15) is 0 Å². The van der Waals surface area contributed by atoms with Crippen molar-refractivity contribution in [3.63, 3.8) is 0 Å². The Morgan fingerprint density at radius 3 is 2.93 bits per heavy atom. The number of fused-ring (bicyclic) bond motifs is 1. The lowest BCUT2D eigenvalue weighted by molar-refractivity contribution is -0.136. The predicted molar refractivity (Wildman–Crippen MR) is 67.1 cm³/mol. The number of rotatable bonds is 2. The summed E-state index contributed by atoms with van der Waals surface area (Å²) < 4.78 is 1.12. The normalized spacial score (nSPS) is 10.8. The van der Waals surface area contributed by atoms with Crippen molar-refractivity contribution < 1.29 is 9.90 Å². The van der Waals surface area contributed by atoms with E-state index in [1.165, 1.54) is 0 Å². The summed E-state index contributed by atoms with van der Waals surface area (Å²) in [7, 11) is 0. The molecular formula is C11H10INO2. The molecule has 0 bridgehead atoms. The molecule has 0 aliphatic heterocycles. The van der Waals surface area contributed by atoms with Gasteiger partial charge in [0, 0.05) is 20.2 Å². The monoisotopic (exact) mass is 315 g/mol. The molecule has 0 spiro atoms. The molecule has 0 fully saturated rings. The first kappa shape index (κ1) is 10.5. The first-order chi connectivity index (χ1) is 7.08. The van der Waals surface area contributed by atoms with Crippen LogP contribution in [-0.4, -0.2) is 16.1 Å². The Morgan fingerprint density at radius 2 is 2.27 bits per heavy atom. The van der Waals surface area contributed by atoms with E-state index in [1.54, 1.807) is 0 Å². The zero-order chi connectivity index (χ0) is 11.0. The largest absolute Gasteiger partial charge is 0.481 e. The van der Waals surface area contributed by atoms with Crippen molar-refractivity contribution in [2.24, 2.45) is 0 Å². The van der Waals surface area contributed by atoms with Gasteiger partial charge in [0.2, 0.25) is 0 Å². The number of aromatic nitrogens is 1. The van der Waals surface area contributed by atoms with Gasteiger partial charge >= 0.3 is 5.97 Å². The van der Waals surface area contributed by atoms with Gasteiger partial charge in [0.25, 0.3) is 0 Å². The van der Waals surface area contributed by atoms with E-state index in [0.717, 1.165) is 25.7 Å². The lowest BCUT2D eigenvalue weighted by Crippen LogP contribution is -2.00.